The summed E-state index contributed by atoms with van der Waals surface area (Å²) in [5, 5.41) is 3.53. The molecule has 0 bridgehead atoms. The van der Waals surface area contributed by atoms with Crippen LogP contribution in [0.2, 0.25) is 5.02 Å². The molecule has 0 spiro atoms. The molecule has 0 aromatic heterocycles. The zero-order valence-electron chi connectivity index (χ0n) is 17.7. The van der Waals surface area contributed by atoms with E-state index < -0.39 is 6.04 Å². The van der Waals surface area contributed by atoms with Crippen LogP contribution in [0, 0.1) is 6.92 Å². The number of halogens is 2. The Morgan fingerprint density at radius 2 is 1.93 bits per heavy atom. The van der Waals surface area contributed by atoms with Crippen molar-refractivity contribution in [2.75, 3.05) is 6.61 Å². The summed E-state index contributed by atoms with van der Waals surface area (Å²) in [7, 11) is 0. The smallest absolute Gasteiger partial charge is 0.261 e. The van der Waals surface area contributed by atoms with Gasteiger partial charge >= 0.3 is 0 Å². The first-order chi connectivity index (χ1) is 14.2. The summed E-state index contributed by atoms with van der Waals surface area (Å²) in [6.45, 7) is 7.71. The molecule has 2 aromatic carbocycles. The second kappa shape index (κ2) is 11.4. The van der Waals surface area contributed by atoms with Crippen molar-refractivity contribution < 1.29 is 14.3 Å². The van der Waals surface area contributed by atoms with Crippen LogP contribution in [0.15, 0.2) is 46.9 Å². The summed E-state index contributed by atoms with van der Waals surface area (Å²) >= 11 is 9.55. The Balaban J connectivity index is 2.16. The third-order valence-corrected chi connectivity index (χ3v) is 6.03. The van der Waals surface area contributed by atoms with Crippen LogP contribution in [0.1, 0.15) is 38.3 Å². The van der Waals surface area contributed by atoms with E-state index in [1.54, 1.807) is 25.1 Å². The molecule has 2 amide bonds. The number of carbonyl (C=O) groups excluding carboxylic acids is 2. The van der Waals surface area contributed by atoms with Crippen LogP contribution >= 0.6 is 27.5 Å². The summed E-state index contributed by atoms with van der Waals surface area (Å²) < 4.78 is 6.68. The van der Waals surface area contributed by atoms with Gasteiger partial charge in [0.05, 0.1) is 0 Å². The quantitative estimate of drug-likeness (QED) is 0.525. The highest BCUT2D eigenvalue weighted by atomic mass is 79.9. The largest absolute Gasteiger partial charge is 0.484 e. The standard InChI is InChI=1S/C23H28BrClN2O3/c1-5-16(3)26-23(29)17(4)27(13-18-7-6-8-19(25)12-18)22(28)14-30-20-9-10-21(24)15(2)11-20/h6-12,16-17H,5,13-14H2,1-4H3,(H,26,29)/t16-,17+/m0/s1. The summed E-state index contributed by atoms with van der Waals surface area (Å²) in [6.07, 6.45) is 0.812. The first kappa shape index (κ1) is 24.2. The van der Waals surface area contributed by atoms with Gasteiger partial charge in [-0.25, -0.2) is 0 Å². The van der Waals surface area contributed by atoms with Gasteiger partial charge in [0.15, 0.2) is 6.61 Å². The number of nitrogens with one attached hydrogen (secondary N) is 1. The number of rotatable bonds is 9. The third-order valence-electron chi connectivity index (χ3n) is 4.90. The van der Waals surface area contributed by atoms with Crippen molar-refractivity contribution in [1.29, 1.82) is 0 Å². The lowest BCUT2D eigenvalue weighted by atomic mass is 10.1. The van der Waals surface area contributed by atoms with Gasteiger partial charge in [0, 0.05) is 22.1 Å². The molecule has 0 heterocycles. The summed E-state index contributed by atoms with van der Waals surface area (Å²) in [5.41, 5.74) is 1.86. The first-order valence-corrected chi connectivity index (χ1v) is 11.1. The molecule has 0 saturated carbocycles. The maximum Gasteiger partial charge on any atom is 0.261 e. The lowest BCUT2D eigenvalue weighted by Crippen LogP contribution is -2.50. The van der Waals surface area contributed by atoms with E-state index in [2.05, 4.69) is 21.2 Å². The van der Waals surface area contributed by atoms with E-state index in [0.29, 0.717) is 10.8 Å². The molecule has 0 unspecified atom stereocenters. The number of hydrogen-bond donors (Lipinski definition) is 1. The molecule has 0 aliphatic rings. The number of carbonyl (C=O) groups is 2. The van der Waals surface area contributed by atoms with Crippen molar-refractivity contribution in [3.8, 4) is 5.75 Å². The molecule has 1 N–H and O–H groups in total. The van der Waals surface area contributed by atoms with E-state index in [9.17, 15) is 9.59 Å². The molecule has 2 atom stereocenters. The SMILES string of the molecule is CC[C@H](C)NC(=O)[C@@H](C)N(Cc1cccc(Cl)c1)C(=O)COc1ccc(Br)c(C)c1. The second-order valence-electron chi connectivity index (χ2n) is 7.35. The van der Waals surface area contributed by atoms with Crippen LogP contribution in [-0.2, 0) is 16.1 Å². The monoisotopic (exact) mass is 494 g/mol. The lowest BCUT2D eigenvalue weighted by Gasteiger charge is -2.29. The normalized spacial score (nSPS) is 12.7. The van der Waals surface area contributed by atoms with Crippen molar-refractivity contribution in [2.24, 2.45) is 0 Å². The highest BCUT2D eigenvalue weighted by Crippen LogP contribution is 2.22. The van der Waals surface area contributed by atoms with E-state index in [1.165, 1.54) is 4.90 Å². The van der Waals surface area contributed by atoms with Gasteiger partial charge in [0.25, 0.3) is 5.91 Å². The number of nitrogens with zero attached hydrogens (tertiary/aromatic N) is 1. The van der Waals surface area contributed by atoms with Gasteiger partial charge in [-0.1, -0.05) is 46.6 Å². The van der Waals surface area contributed by atoms with Gasteiger partial charge in [-0.3, -0.25) is 9.59 Å². The van der Waals surface area contributed by atoms with Crippen LogP contribution in [0.3, 0.4) is 0 Å². The molecule has 162 valence electrons. The molecule has 7 heteroatoms. The van der Waals surface area contributed by atoms with Crippen LogP contribution in [0.25, 0.3) is 0 Å². The van der Waals surface area contributed by atoms with Gasteiger partial charge in [-0.05, 0) is 68.7 Å². The number of benzene rings is 2. The predicted molar refractivity (Wildman–Crippen MR) is 124 cm³/mol. The van der Waals surface area contributed by atoms with Crippen molar-refractivity contribution >= 4 is 39.3 Å². The van der Waals surface area contributed by atoms with Crippen molar-refractivity contribution in [3.63, 3.8) is 0 Å². The van der Waals surface area contributed by atoms with E-state index in [-0.39, 0.29) is 31.0 Å². The molecule has 0 fully saturated rings. The Hall–Kier alpha value is -2.05. The molecular weight excluding hydrogens is 468 g/mol. The zero-order chi connectivity index (χ0) is 22.3. The summed E-state index contributed by atoms with van der Waals surface area (Å²) in [4.78, 5) is 27.3. The minimum atomic E-state index is -0.652. The predicted octanol–water partition coefficient (Wildman–Crippen LogP) is 5.12. The number of aryl methyl sites for hydroxylation is 1. The zero-order valence-corrected chi connectivity index (χ0v) is 20.1. The lowest BCUT2D eigenvalue weighted by molar-refractivity contribution is -0.142. The van der Waals surface area contributed by atoms with Crippen molar-refractivity contribution in [3.05, 3.63) is 63.1 Å². The molecule has 0 radical (unpaired) electrons. The molecular formula is C23H28BrClN2O3. The fraction of sp³-hybridized carbons (Fsp3) is 0.391. The Labute approximate surface area is 191 Å². The van der Waals surface area contributed by atoms with E-state index in [4.69, 9.17) is 16.3 Å². The summed E-state index contributed by atoms with van der Waals surface area (Å²) in [6, 6.07) is 12.2. The minimum Gasteiger partial charge on any atom is -0.484 e. The van der Waals surface area contributed by atoms with Crippen LogP contribution < -0.4 is 10.1 Å². The molecule has 2 rings (SSSR count). The molecule has 5 nitrogen and oxygen atoms in total. The average Bonchev–Trinajstić information content (AvgIpc) is 2.72. The second-order valence-corrected chi connectivity index (χ2v) is 8.64. The Morgan fingerprint density at radius 1 is 1.20 bits per heavy atom. The third kappa shape index (κ3) is 7.03. The van der Waals surface area contributed by atoms with E-state index in [0.717, 1.165) is 22.0 Å². The minimum absolute atomic E-state index is 0.0325. The van der Waals surface area contributed by atoms with Crippen LogP contribution in [-0.4, -0.2) is 35.4 Å². The number of ether oxygens (including phenoxy) is 1. The Bertz CT molecular complexity index is 891. The first-order valence-electron chi connectivity index (χ1n) is 9.94. The number of amides is 2. The highest BCUT2D eigenvalue weighted by Gasteiger charge is 2.27. The van der Waals surface area contributed by atoms with Gasteiger partial charge in [0.2, 0.25) is 5.91 Å². The van der Waals surface area contributed by atoms with Gasteiger partial charge in [-0.15, -0.1) is 0 Å². The average molecular weight is 496 g/mol. The van der Waals surface area contributed by atoms with Crippen LogP contribution in [0.4, 0.5) is 0 Å². The van der Waals surface area contributed by atoms with E-state index >= 15 is 0 Å². The fourth-order valence-corrected chi connectivity index (χ4v) is 3.27. The van der Waals surface area contributed by atoms with Gasteiger partial charge in [0.1, 0.15) is 11.8 Å². The molecule has 30 heavy (non-hydrogen) atoms. The van der Waals surface area contributed by atoms with Crippen molar-refractivity contribution in [2.45, 2.75) is 52.7 Å². The van der Waals surface area contributed by atoms with Gasteiger partial charge in [-0.2, -0.15) is 0 Å². The molecule has 0 saturated heterocycles. The molecule has 0 aliphatic carbocycles. The maximum atomic E-state index is 13.0. The fourth-order valence-electron chi connectivity index (χ4n) is 2.82. The maximum absolute atomic E-state index is 13.0. The van der Waals surface area contributed by atoms with Gasteiger partial charge < -0.3 is 15.0 Å². The topological polar surface area (TPSA) is 58.6 Å². The van der Waals surface area contributed by atoms with Crippen LogP contribution in [0.5, 0.6) is 5.75 Å². The van der Waals surface area contributed by atoms with E-state index in [1.807, 2.05) is 45.0 Å². The molecule has 2 aromatic rings. The highest BCUT2D eigenvalue weighted by molar-refractivity contribution is 9.10. The summed E-state index contributed by atoms with van der Waals surface area (Å²) in [5.74, 6) is 0.130. The Morgan fingerprint density at radius 3 is 2.57 bits per heavy atom. The Kier molecular flexibility index (Phi) is 9.18. The molecule has 0 aliphatic heterocycles. The van der Waals surface area contributed by atoms with Crippen molar-refractivity contribution in [1.82, 2.24) is 10.2 Å². The number of hydrogen-bond acceptors (Lipinski definition) is 3.